The molecule has 1 aliphatic rings. The summed E-state index contributed by atoms with van der Waals surface area (Å²) >= 11 is 0. The minimum Gasteiger partial charge on any atom is -0.326 e. The van der Waals surface area contributed by atoms with Crippen LogP contribution in [0.15, 0.2) is 42.5 Å². The van der Waals surface area contributed by atoms with Crippen LogP contribution in [-0.2, 0) is 4.79 Å². The smallest absolute Gasteiger partial charge is 0.227 e. The Labute approximate surface area is 101 Å². The molecule has 0 radical (unpaired) electrons. The number of fused-ring (bicyclic) bond motifs is 1. The number of nitrogens with one attached hydrogen (secondary N) is 1. The van der Waals surface area contributed by atoms with E-state index in [1.807, 2.05) is 30.3 Å². The third-order valence-electron chi connectivity index (χ3n) is 3.49. The Morgan fingerprint density at radius 3 is 2.53 bits per heavy atom. The molecule has 0 unspecified atom stereocenters. The summed E-state index contributed by atoms with van der Waals surface area (Å²) < 4.78 is 0. The van der Waals surface area contributed by atoms with Gasteiger partial charge in [-0.2, -0.15) is 0 Å². The second-order valence-corrected chi connectivity index (χ2v) is 4.68. The molecule has 1 aliphatic carbocycles. The van der Waals surface area contributed by atoms with Gasteiger partial charge in [-0.05, 0) is 35.7 Å². The van der Waals surface area contributed by atoms with Crippen LogP contribution in [0, 0.1) is 5.92 Å². The summed E-state index contributed by atoms with van der Waals surface area (Å²) in [4.78, 5) is 11.8. The van der Waals surface area contributed by atoms with Gasteiger partial charge < -0.3 is 5.32 Å². The fourth-order valence-corrected chi connectivity index (χ4v) is 2.18. The molecular formula is C15H15NO. The maximum atomic E-state index is 11.8. The number of benzene rings is 2. The Morgan fingerprint density at radius 1 is 1.06 bits per heavy atom. The molecule has 1 amide bonds. The van der Waals surface area contributed by atoms with Crippen LogP contribution in [-0.4, -0.2) is 5.91 Å². The standard InChI is InChI=1S/C15H15NO/c17-15(12-6-3-7-12)16-14-9-8-11-4-1-2-5-13(11)10-14/h1-2,4-5,8-10,12H,3,6-7H2,(H,16,17). The van der Waals surface area contributed by atoms with Gasteiger partial charge in [-0.15, -0.1) is 0 Å². The predicted molar refractivity (Wildman–Crippen MR) is 69.9 cm³/mol. The van der Waals surface area contributed by atoms with E-state index in [0.29, 0.717) is 0 Å². The second-order valence-electron chi connectivity index (χ2n) is 4.68. The molecule has 2 aromatic carbocycles. The van der Waals surface area contributed by atoms with Gasteiger partial charge in [-0.25, -0.2) is 0 Å². The van der Waals surface area contributed by atoms with Gasteiger partial charge in [0.05, 0.1) is 0 Å². The molecule has 0 bridgehead atoms. The van der Waals surface area contributed by atoms with Crippen molar-refractivity contribution in [3.8, 4) is 0 Å². The Morgan fingerprint density at radius 2 is 1.82 bits per heavy atom. The molecule has 0 aromatic heterocycles. The quantitative estimate of drug-likeness (QED) is 0.831. The molecule has 0 aliphatic heterocycles. The van der Waals surface area contributed by atoms with Crippen molar-refractivity contribution in [3.05, 3.63) is 42.5 Å². The summed E-state index contributed by atoms with van der Waals surface area (Å²) in [6.07, 6.45) is 3.27. The fraction of sp³-hybridized carbons (Fsp3) is 0.267. The Hall–Kier alpha value is -1.83. The van der Waals surface area contributed by atoms with Crippen molar-refractivity contribution in [1.29, 1.82) is 0 Å². The minimum atomic E-state index is 0.173. The molecule has 0 saturated heterocycles. The van der Waals surface area contributed by atoms with E-state index in [-0.39, 0.29) is 11.8 Å². The molecule has 0 spiro atoms. The van der Waals surface area contributed by atoms with Crippen molar-refractivity contribution in [2.75, 3.05) is 5.32 Å². The number of anilines is 1. The van der Waals surface area contributed by atoms with Crippen molar-refractivity contribution >= 4 is 22.4 Å². The number of carbonyl (C=O) groups is 1. The first-order chi connectivity index (χ1) is 8.33. The van der Waals surface area contributed by atoms with Crippen LogP contribution in [0.2, 0.25) is 0 Å². The zero-order valence-electron chi connectivity index (χ0n) is 9.65. The van der Waals surface area contributed by atoms with Gasteiger partial charge in [0.2, 0.25) is 5.91 Å². The normalized spacial score (nSPS) is 15.5. The van der Waals surface area contributed by atoms with Gasteiger partial charge in [-0.1, -0.05) is 36.8 Å². The van der Waals surface area contributed by atoms with E-state index < -0.39 is 0 Å². The topological polar surface area (TPSA) is 29.1 Å². The summed E-state index contributed by atoms with van der Waals surface area (Å²) in [6, 6.07) is 14.2. The number of rotatable bonds is 2. The van der Waals surface area contributed by atoms with Crippen molar-refractivity contribution in [2.45, 2.75) is 19.3 Å². The highest BCUT2D eigenvalue weighted by Gasteiger charge is 2.24. The first-order valence-corrected chi connectivity index (χ1v) is 6.12. The minimum absolute atomic E-state index is 0.173. The van der Waals surface area contributed by atoms with Crippen LogP contribution in [0.3, 0.4) is 0 Å². The average molecular weight is 225 g/mol. The molecule has 3 rings (SSSR count). The number of carbonyl (C=O) groups excluding carboxylic acids is 1. The third kappa shape index (κ3) is 2.03. The molecule has 1 fully saturated rings. The van der Waals surface area contributed by atoms with Crippen LogP contribution >= 0.6 is 0 Å². The van der Waals surface area contributed by atoms with Gasteiger partial charge in [0.15, 0.2) is 0 Å². The lowest BCUT2D eigenvalue weighted by Gasteiger charge is -2.24. The van der Waals surface area contributed by atoms with E-state index in [1.54, 1.807) is 0 Å². The molecular weight excluding hydrogens is 210 g/mol. The predicted octanol–water partition coefficient (Wildman–Crippen LogP) is 3.58. The van der Waals surface area contributed by atoms with Crippen molar-refractivity contribution < 1.29 is 4.79 Å². The van der Waals surface area contributed by atoms with Crippen molar-refractivity contribution in [3.63, 3.8) is 0 Å². The van der Waals surface area contributed by atoms with Crippen molar-refractivity contribution in [2.24, 2.45) is 5.92 Å². The van der Waals surface area contributed by atoms with E-state index in [1.165, 1.54) is 17.2 Å². The Bertz CT molecular complexity index is 558. The Kier molecular flexibility index (Phi) is 2.56. The summed E-state index contributed by atoms with van der Waals surface area (Å²) in [7, 11) is 0. The molecule has 0 heterocycles. The molecule has 0 atom stereocenters. The molecule has 1 saturated carbocycles. The molecule has 2 nitrogen and oxygen atoms in total. The summed E-state index contributed by atoms with van der Waals surface area (Å²) in [5, 5.41) is 5.37. The maximum Gasteiger partial charge on any atom is 0.227 e. The van der Waals surface area contributed by atoms with E-state index in [4.69, 9.17) is 0 Å². The van der Waals surface area contributed by atoms with Crippen LogP contribution in [0.1, 0.15) is 19.3 Å². The van der Waals surface area contributed by atoms with Crippen LogP contribution in [0.5, 0.6) is 0 Å². The first-order valence-electron chi connectivity index (χ1n) is 6.12. The summed E-state index contributed by atoms with van der Waals surface area (Å²) in [6.45, 7) is 0. The zero-order chi connectivity index (χ0) is 11.7. The lowest BCUT2D eigenvalue weighted by atomic mass is 9.85. The monoisotopic (exact) mass is 225 g/mol. The van der Waals surface area contributed by atoms with Gasteiger partial charge >= 0.3 is 0 Å². The average Bonchev–Trinajstić information content (AvgIpc) is 2.26. The van der Waals surface area contributed by atoms with Gasteiger partial charge in [0.25, 0.3) is 0 Å². The molecule has 17 heavy (non-hydrogen) atoms. The summed E-state index contributed by atoms with van der Waals surface area (Å²) in [5.74, 6) is 0.410. The number of hydrogen-bond acceptors (Lipinski definition) is 1. The van der Waals surface area contributed by atoms with Gasteiger partial charge in [0, 0.05) is 11.6 Å². The van der Waals surface area contributed by atoms with E-state index >= 15 is 0 Å². The maximum absolute atomic E-state index is 11.8. The molecule has 1 N–H and O–H groups in total. The van der Waals surface area contributed by atoms with Crippen LogP contribution < -0.4 is 5.32 Å². The fourth-order valence-electron chi connectivity index (χ4n) is 2.18. The van der Waals surface area contributed by atoms with E-state index in [0.717, 1.165) is 18.5 Å². The molecule has 2 heteroatoms. The van der Waals surface area contributed by atoms with Gasteiger partial charge in [-0.3, -0.25) is 4.79 Å². The number of amides is 1. The lowest BCUT2D eigenvalue weighted by molar-refractivity contribution is -0.122. The largest absolute Gasteiger partial charge is 0.326 e. The van der Waals surface area contributed by atoms with E-state index in [9.17, 15) is 4.79 Å². The Balaban J connectivity index is 1.82. The first kappa shape index (κ1) is 10.3. The molecule has 86 valence electrons. The van der Waals surface area contributed by atoms with Crippen LogP contribution in [0.4, 0.5) is 5.69 Å². The number of hydrogen-bond donors (Lipinski definition) is 1. The van der Waals surface area contributed by atoms with Crippen LogP contribution in [0.25, 0.3) is 10.8 Å². The van der Waals surface area contributed by atoms with Crippen molar-refractivity contribution in [1.82, 2.24) is 0 Å². The lowest BCUT2D eigenvalue weighted by Crippen LogP contribution is -2.27. The zero-order valence-corrected chi connectivity index (χ0v) is 9.65. The SMILES string of the molecule is O=C(Nc1ccc2ccccc2c1)C1CCC1. The highest BCUT2D eigenvalue weighted by molar-refractivity contribution is 5.95. The highest BCUT2D eigenvalue weighted by atomic mass is 16.1. The van der Waals surface area contributed by atoms with E-state index in [2.05, 4.69) is 17.4 Å². The van der Waals surface area contributed by atoms with Gasteiger partial charge in [0.1, 0.15) is 0 Å². The molecule has 2 aromatic rings. The summed E-state index contributed by atoms with van der Waals surface area (Å²) in [5.41, 5.74) is 0.903. The highest BCUT2D eigenvalue weighted by Crippen LogP contribution is 2.28. The second kappa shape index (κ2) is 4.21. The third-order valence-corrected chi connectivity index (χ3v) is 3.49.